The van der Waals surface area contributed by atoms with Crippen LogP contribution in [-0.2, 0) is 0 Å². The normalized spacial score (nSPS) is 11.7. The molecule has 80 valence electrons. The van der Waals surface area contributed by atoms with Crippen molar-refractivity contribution in [2.45, 2.75) is 52.1 Å². The van der Waals surface area contributed by atoms with Crippen LogP contribution < -0.4 is 10.6 Å². The quantitative estimate of drug-likeness (QED) is 0.724. The molecule has 0 saturated heterocycles. The van der Waals surface area contributed by atoms with Gasteiger partial charge in [-0.2, -0.15) is 5.26 Å². The predicted molar refractivity (Wildman–Crippen MR) is 55.7 cm³/mol. The zero-order valence-corrected chi connectivity index (χ0v) is 9.56. The molecule has 0 aliphatic heterocycles. The lowest BCUT2D eigenvalue weighted by atomic mass is 10.0. The van der Waals surface area contributed by atoms with Gasteiger partial charge in [-0.1, -0.05) is 6.92 Å². The average Bonchev–Trinajstić information content (AvgIpc) is 2.02. The highest BCUT2D eigenvalue weighted by Crippen LogP contribution is 2.07. The zero-order valence-electron chi connectivity index (χ0n) is 9.56. The van der Waals surface area contributed by atoms with E-state index in [0.29, 0.717) is 0 Å². The molecule has 0 saturated carbocycles. The molecular formula is C10H19N3O. The third-order valence-corrected chi connectivity index (χ3v) is 2.04. The van der Waals surface area contributed by atoms with Crippen molar-refractivity contribution in [3.05, 3.63) is 0 Å². The second-order valence-electron chi connectivity index (χ2n) is 4.55. The summed E-state index contributed by atoms with van der Waals surface area (Å²) in [6, 6.07) is 1.70. The zero-order chi connectivity index (χ0) is 11.4. The van der Waals surface area contributed by atoms with Crippen molar-refractivity contribution in [1.82, 2.24) is 10.6 Å². The van der Waals surface area contributed by atoms with E-state index in [1.165, 1.54) is 0 Å². The van der Waals surface area contributed by atoms with E-state index in [1.54, 1.807) is 13.8 Å². The molecule has 14 heavy (non-hydrogen) atoms. The van der Waals surface area contributed by atoms with Crippen molar-refractivity contribution in [2.75, 3.05) is 0 Å². The van der Waals surface area contributed by atoms with Gasteiger partial charge in [-0.05, 0) is 34.1 Å². The fourth-order valence-electron chi connectivity index (χ4n) is 0.739. The van der Waals surface area contributed by atoms with Crippen LogP contribution in [0.3, 0.4) is 0 Å². The molecule has 0 radical (unpaired) electrons. The monoisotopic (exact) mass is 197 g/mol. The molecular weight excluding hydrogens is 178 g/mol. The first-order valence-electron chi connectivity index (χ1n) is 4.74. The van der Waals surface area contributed by atoms with Crippen LogP contribution in [-0.4, -0.2) is 17.1 Å². The SMILES string of the molecule is CCC(C)(C)NC(=O)NC(C)(C)C#N. The van der Waals surface area contributed by atoms with E-state index in [-0.39, 0.29) is 11.6 Å². The van der Waals surface area contributed by atoms with E-state index in [9.17, 15) is 4.79 Å². The van der Waals surface area contributed by atoms with Gasteiger partial charge in [0.2, 0.25) is 0 Å². The number of nitriles is 1. The van der Waals surface area contributed by atoms with Crippen molar-refractivity contribution in [2.24, 2.45) is 0 Å². The Kier molecular flexibility index (Phi) is 3.93. The highest BCUT2D eigenvalue weighted by molar-refractivity contribution is 5.75. The molecule has 0 fully saturated rings. The van der Waals surface area contributed by atoms with Crippen LogP contribution in [0.4, 0.5) is 4.79 Å². The van der Waals surface area contributed by atoms with E-state index in [2.05, 4.69) is 10.6 Å². The topological polar surface area (TPSA) is 64.9 Å². The molecule has 0 aliphatic carbocycles. The van der Waals surface area contributed by atoms with Crippen molar-refractivity contribution in [3.63, 3.8) is 0 Å². The van der Waals surface area contributed by atoms with Crippen molar-refractivity contribution < 1.29 is 4.79 Å². The summed E-state index contributed by atoms with van der Waals surface area (Å²) >= 11 is 0. The van der Waals surface area contributed by atoms with E-state index in [1.807, 2.05) is 26.8 Å². The molecule has 0 spiro atoms. The lowest BCUT2D eigenvalue weighted by Gasteiger charge is -2.27. The third-order valence-electron chi connectivity index (χ3n) is 2.04. The minimum atomic E-state index is -0.825. The van der Waals surface area contributed by atoms with Crippen molar-refractivity contribution in [1.29, 1.82) is 5.26 Å². The number of nitrogens with one attached hydrogen (secondary N) is 2. The van der Waals surface area contributed by atoms with E-state index in [0.717, 1.165) is 6.42 Å². The molecule has 4 heteroatoms. The molecule has 0 bridgehead atoms. The van der Waals surface area contributed by atoms with Gasteiger partial charge in [-0.3, -0.25) is 0 Å². The summed E-state index contributed by atoms with van der Waals surface area (Å²) in [5.74, 6) is 0. The van der Waals surface area contributed by atoms with Crippen LogP contribution in [0.5, 0.6) is 0 Å². The lowest BCUT2D eigenvalue weighted by Crippen LogP contribution is -2.53. The number of carbonyl (C=O) groups excluding carboxylic acids is 1. The molecule has 0 rings (SSSR count). The van der Waals surface area contributed by atoms with Gasteiger partial charge in [0.1, 0.15) is 5.54 Å². The van der Waals surface area contributed by atoms with Crippen LogP contribution in [0.2, 0.25) is 0 Å². The van der Waals surface area contributed by atoms with Gasteiger partial charge in [-0.25, -0.2) is 4.79 Å². The highest BCUT2D eigenvalue weighted by atomic mass is 16.2. The summed E-state index contributed by atoms with van der Waals surface area (Å²) in [4.78, 5) is 11.4. The molecule has 2 N–H and O–H groups in total. The van der Waals surface area contributed by atoms with E-state index in [4.69, 9.17) is 5.26 Å². The summed E-state index contributed by atoms with van der Waals surface area (Å²) in [5, 5.41) is 14.1. The van der Waals surface area contributed by atoms with Gasteiger partial charge in [0, 0.05) is 5.54 Å². The first-order valence-corrected chi connectivity index (χ1v) is 4.74. The Bertz CT molecular complexity index is 251. The number of urea groups is 1. The molecule has 0 atom stereocenters. The number of hydrogen-bond acceptors (Lipinski definition) is 2. The maximum Gasteiger partial charge on any atom is 0.316 e. The minimum absolute atomic E-state index is 0.240. The molecule has 0 aliphatic rings. The largest absolute Gasteiger partial charge is 0.333 e. The van der Waals surface area contributed by atoms with Crippen molar-refractivity contribution >= 4 is 6.03 Å². The van der Waals surface area contributed by atoms with Gasteiger partial charge in [0.05, 0.1) is 6.07 Å². The van der Waals surface area contributed by atoms with Crippen LogP contribution in [0.25, 0.3) is 0 Å². The second-order valence-corrected chi connectivity index (χ2v) is 4.55. The minimum Gasteiger partial charge on any atom is -0.333 e. The Balaban J connectivity index is 4.21. The van der Waals surface area contributed by atoms with Crippen LogP contribution in [0.1, 0.15) is 41.0 Å². The average molecular weight is 197 g/mol. The Labute approximate surface area is 85.7 Å². The highest BCUT2D eigenvalue weighted by Gasteiger charge is 2.23. The summed E-state index contributed by atoms with van der Waals surface area (Å²) in [5.41, 5.74) is -1.07. The van der Waals surface area contributed by atoms with Crippen molar-refractivity contribution in [3.8, 4) is 6.07 Å². The molecule has 0 unspecified atom stereocenters. The van der Waals surface area contributed by atoms with Crippen LogP contribution in [0, 0.1) is 11.3 Å². The molecule has 0 aromatic rings. The first kappa shape index (κ1) is 12.8. The number of hydrogen-bond donors (Lipinski definition) is 2. The van der Waals surface area contributed by atoms with E-state index < -0.39 is 5.54 Å². The maximum absolute atomic E-state index is 11.4. The Morgan fingerprint density at radius 3 is 2.14 bits per heavy atom. The lowest BCUT2D eigenvalue weighted by molar-refractivity contribution is 0.223. The van der Waals surface area contributed by atoms with E-state index >= 15 is 0 Å². The number of carbonyl (C=O) groups is 1. The summed E-state index contributed by atoms with van der Waals surface area (Å²) in [6.07, 6.45) is 0.841. The maximum atomic E-state index is 11.4. The molecule has 0 aromatic heterocycles. The van der Waals surface area contributed by atoms with Gasteiger partial charge >= 0.3 is 6.03 Å². The molecule has 4 nitrogen and oxygen atoms in total. The van der Waals surface area contributed by atoms with Gasteiger partial charge in [0.15, 0.2) is 0 Å². The Morgan fingerprint density at radius 2 is 1.79 bits per heavy atom. The summed E-state index contributed by atoms with van der Waals surface area (Å²) < 4.78 is 0. The fraction of sp³-hybridized carbons (Fsp3) is 0.800. The number of nitrogens with zero attached hydrogens (tertiary/aromatic N) is 1. The van der Waals surface area contributed by atoms with Gasteiger partial charge in [0.25, 0.3) is 0 Å². The predicted octanol–water partition coefficient (Wildman–Crippen LogP) is 1.78. The fourth-order valence-corrected chi connectivity index (χ4v) is 0.739. The summed E-state index contributed by atoms with van der Waals surface area (Å²) in [7, 11) is 0. The molecule has 2 amide bonds. The third kappa shape index (κ3) is 4.70. The number of amides is 2. The molecule has 0 heterocycles. The Hall–Kier alpha value is -1.24. The van der Waals surface area contributed by atoms with Crippen LogP contribution in [0.15, 0.2) is 0 Å². The Morgan fingerprint density at radius 1 is 1.29 bits per heavy atom. The van der Waals surface area contributed by atoms with Gasteiger partial charge < -0.3 is 10.6 Å². The first-order chi connectivity index (χ1) is 6.22. The molecule has 0 aromatic carbocycles. The summed E-state index contributed by atoms with van der Waals surface area (Å²) in [6.45, 7) is 9.19. The van der Waals surface area contributed by atoms with Gasteiger partial charge in [-0.15, -0.1) is 0 Å². The number of rotatable bonds is 3. The standard InChI is InChI=1S/C10H19N3O/c1-6-9(2,3)12-8(14)13-10(4,5)7-11/h6H2,1-5H3,(H2,12,13,14). The van der Waals surface area contributed by atoms with Crippen LogP contribution >= 0.6 is 0 Å². The smallest absolute Gasteiger partial charge is 0.316 e. The second kappa shape index (κ2) is 4.32.